The molecule has 4 heterocycles. The van der Waals surface area contributed by atoms with E-state index in [0.29, 0.717) is 22.8 Å². The minimum absolute atomic E-state index is 0.00230. The third kappa shape index (κ3) is 2.64. The molecule has 3 aromatic rings. The predicted octanol–water partition coefficient (Wildman–Crippen LogP) is 2.41. The molecule has 2 aromatic heterocycles. The van der Waals surface area contributed by atoms with Gasteiger partial charge in [0.2, 0.25) is 5.91 Å². The lowest BCUT2D eigenvalue weighted by Crippen LogP contribution is -2.46. The second-order valence-corrected chi connectivity index (χ2v) is 9.66. The number of hydrogen-bond donors (Lipinski definition) is 0. The molecule has 0 unspecified atom stereocenters. The highest BCUT2D eigenvalue weighted by Gasteiger charge is 2.53. The number of thiazole rings is 1. The Balaban J connectivity index is 1.37. The molecule has 0 radical (unpaired) electrons. The molecular weight excluding hydrogens is 398 g/mol. The number of carbonyl (C=O) groups is 2. The van der Waals surface area contributed by atoms with Gasteiger partial charge in [0.05, 0.1) is 20.8 Å². The van der Waals surface area contributed by atoms with Gasteiger partial charge in [0, 0.05) is 18.2 Å². The van der Waals surface area contributed by atoms with Crippen molar-refractivity contribution in [2.75, 3.05) is 5.75 Å². The molecule has 2 saturated heterocycles. The number of rotatable bonds is 3. The highest BCUT2D eigenvalue weighted by Crippen LogP contribution is 2.47. The van der Waals surface area contributed by atoms with Gasteiger partial charge in [-0.3, -0.25) is 14.0 Å². The number of thioether (sulfide) groups is 1. The number of aromatic nitrogens is 2. The maximum atomic E-state index is 12.6. The quantitative estimate of drug-likeness (QED) is 0.611. The van der Waals surface area contributed by atoms with Gasteiger partial charge in [-0.05, 0) is 25.5 Å². The fourth-order valence-electron chi connectivity index (χ4n) is 3.93. The number of amides is 1. The summed E-state index contributed by atoms with van der Waals surface area (Å²) in [5, 5.41) is 0. The highest BCUT2D eigenvalue weighted by molar-refractivity contribution is 8.01. The van der Waals surface area contributed by atoms with Crippen molar-refractivity contribution in [2.24, 2.45) is 0 Å². The second-order valence-electron chi connectivity index (χ2n) is 7.15. The van der Waals surface area contributed by atoms with Crippen LogP contribution in [0.4, 0.5) is 0 Å². The average Bonchev–Trinajstić information content (AvgIpc) is 3.30. The molecule has 144 valence electrons. The summed E-state index contributed by atoms with van der Waals surface area (Å²) in [5.74, 6) is 0.0919. The Bertz CT molecular complexity index is 1190. The van der Waals surface area contributed by atoms with Crippen molar-refractivity contribution in [2.45, 2.75) is 37.3 Å². The van der Waals surface area contributed by atoms with Gasteiger partial charge in [0.15, 0.2) is 4.96 Å². The van der Waals surface area contributed by atoms with Gasteiger partial charge in [0.1, 0.15) is 12.6 Å². The molecule has 2 fully saturated rings. The Morgan fingerprint density at radius 2 is 2.18 bits per heavy atom. The van der Waals surface area contributed by atoms with E-state index in [1.165, 1.54) is 17.4 Å². The van der Waals surface area contributed by atoms with E-state index in [1.807, 2.05) is 31.2 Å². The van der Waals surface area contributed by atoms with Crippen LogP contribution in [-0.2, 0) is 20.9 Å². The minimum atomic E-state index is -0.570. The maximum Gasteiger partial charge on any atom is 0.330 e. The van der Waals surface area contributed by atoms with Crippen LogP contribution < -0.4 is 5.56 Å². The molecule has 0 saturated carbocycles. The summed E-state index contributed by atoms with van der Waals surface area (Å²) in [5.41, 5.74) is 1.02. The Morgan fingerprint density at radius 1 is 1.36 bits per heavy atom. The van der Waals surface area contributed by atoms with E-state index < -0.39 is 12.0 Å². The zero-order valence-corrected chi connectivity index (χ0v) is 16.7. The second kappa shape index (κ2) is 6.31. The summed E-state index contributed by atoms with van der Waals surface area (Å²) in [4.78, 5) is 43.7. The van der Waals surface area contributed by atoms with Crippen LogP contribution in [0.2, 0.25) is 0 Å². The highest BCUT2D eigenvalue weighted by atomic mass is 32.2. The fourth-order valence-corrected chi connectivity index (χ4v) is 6.40. The van der Waals surface area contributed by atoms with Crippen LogP contribution in [0.5, 0.6) is 0 Å². The first kappa shape index (κ1) is 17.7. The fraction of sp³-hybridized carbons (Fsp3) is 0.368. The lowest BCUT2D eigenvalue weighted by atomic mass is 10.2. The molecule has 2 atom stereocenters. The van der Waals surface area contributed by atoms with Crippen molar-refractivity contribution < 1.29 is 14.3 Å². The van der Waals surface area contributed by atoms with Gasteiger partial charge in [-0.2, -0.15) is 0 Å². The first-order chi connectivity index (χ1) is 13.5. The molecule has 28 heavy (non-hydrogen) atoms. The van der Waals surface area contributed by atoms with Crippen LogP contribution in [-0.4, -0.2) is 42.8 Å². The monoisotopic (exact) mass is 415 g/mol. The summed E-state index contributed by atoms with van der Waals surface area (Å²) in [6.45, 7) is 1.91. The third-order valence-corrected chi connectivity index (χ3v) is 7.85. The molecule has 0 aliphatic carbocycles. The van der Waals surface area contributed by atoms with Crippen molar-refractivity contribution in [3.05, 3.63) is 46.4 Å². The largest absolute Gasteiger partial charge is 0.458 e. The Kier molecular flexibility index (Phi) is 3.99. The Hall–Kier alpha value is -2.39. The van der Waals surface area contributed by atoms with E-state index in [2.05, 4.69) is 4.98 Å². The van der Waals surface area contributed by atoms with E-state index in [9.17, 15) is 14.4 Å². The van der Waals surface area contributed by atoms with E-state index in [0.717, 1.165) is 16.6 Å². The van der Waals surface area contributed by atoms with Crippen LogP contribution >= 0.6 is 23.1 Å². The van der Waals surface area contributed by atoms with Gasteiger partial charge in [-0.1, -0.05) is 23.5 Å². The average molecular weight is 415 g/mol. The van der Waals surface area contributed by atoms with Crippen LogP contribution in [0.25, 0.3) is 15.2 Å². The van der Waals surface area contributed by atoms with Gasteiger partial charge < -0.3 is 9.64 Å². The first-order valence-corrected chi connectivity index (χ1v) is 10.8. The van der Waals surface area contributed by atoms with E-state index >= 15 is 0 Å². The Labute approximate surface area is 168 Å². The predicted molar refractivity (Wildman–Crippen MR) is 107 cm³/mol. The first-order valence-electron chi connectivity index (χ1n) is 8.99. The number of para-hydroxylation sites is 1. The van der Waals surface area contributed by atoms with Crippen LogP contribution in [0.3, 0.4) is 0 Å². The number of ether oxygens (including phenoxy) is 1. The molecule has 2 aliphatic rings. The summed E-state index contributed by atoms with van der Waals surface area (Å²) >= 11 is 3.04. The van der Waals surface area contributed by atoms with E-state index in [-0.39, 0.29) is 22.9 Å². The van der Waals surface area contributed by atoms with Crippen molar-refractivity contribution in [3.8, 4) is 0 Å². The minimum Gasteiger partial charge on any atom is -0.458 e. The molecular formula is C19H17N3O4S2. The number of nitrogens with zero attached hydrogens (tertiary/aromatic N) is 3. The maximum absolute atomic E-state index is 12.6. The van der Waals surface area contributed by atoms with Crippen LogP contribution in [0.15, 0.2) is 35.1 Å². The lowest BCUT2D eigenvalue weighted by Gasteiger charge is -2.29. The summed E-state index contributed by atoms with van der Waals surface area (Å²) in [7, 11) is 0. The molecule has 1 amide bonds. The normalized spacial score (nSPS) is 24.2. The number of hydrogen-bond acceptors (Lipinski definition) is 7. The van der Waals surface area contributed by atoms with Gasteiger partial charge in [0.25, 0.3) is 5.56 Å². The van der Waals surface area contributed by atoms with E-state index in [1.54, 1.807) is 21.1 Å². The van der Waals surface area contributed by atoms with Gasteiger partial charge in [-0.15, -0.1) is 11.8 Å². The summed E-state index contributed by atoms with van der Waals surface area (Å²) in [6, 6.07) is 8.44. The number of benzene rings is 1. The standard InChI is InChI=1S/C19H17N3O4S2/c1-19-7-6-15(23)22(19)13(10-27-19)17(25)26-9-11-8-16(24)21-12-4-2-3-5-14(12)28-18(21)20-11/h2-5,8,13H,6-7,9-10H2,1H3/t13-,19-/m0/s1. The molecule has 0 spiro atoms. The van der Waals surface area contributed by atoms with Crippen molar-refractivity contribution in [3.63, 3.8) is 0 Å². The number of esters is 1. The van der Waals surface area contributed by atoms with Gasteiger partial charge >= 0.3 is 5.97 Å². The topological polar surface area (TPSA) is 81.0 Å². The smallest absolute Gasteiger partial charge is 0.330 e. The zero-order chi connectivity index (χ0) is 19.5. The molecule has 9 heteroatoms. The molecule has 0 bridgehead atoms. The van der Waals surface area contributed by atoms with Crippen LogP contribution in [0.1, 0.15) is 25.5 Å². The Morgan fingerprint density at radius 3 is 3.04 bits per heavy atom. The summed E-state index contributed by atoms with van der Waals surface area (Å²) < 4.78 is 7.97. The number of carbonyl (C=O) groups excluding carboxylic acids is 2. The van der Waals surface area contributed by atoms with Crippen molar-refractivity contribution in [1.29, 1.82) is 0 Å². The molecule has 1 aromatic carbocycles. The zero-order valence-electron chi connectivity index (χ0n) is 15.1. The van der Waals surface area contributed by atoms with Crippen molar-refractivity contribution in [1.82, 2.24) is 14.3 Å². The molecule has 2 aliphatic heterocycles. The van der Waals surface area contributed by atoms with E-state index in [4.69, 9.17) is 4.74 Å². The molecule has 0 N–H and O–H groups in total. The van der Waals surface area contributed by atoms with Gasteiger partial charge in [-0.25, -0.2) is 9.78 Å². The number of fused-ring (bicyclic) bond motifs is 4. The molecule has 7 nitrogen and oxygen atoms in total. The lowest BCUT2D eigenvalue weighted by molar-refractivity contribution is -0.154. The summed E-state index contributed by atoms with van der Waals surface area (Å²) in [6.07, 6.45) is 1.22. The molecule has 5 rings (SSSR count). The van der Waals surface area contributed by atoms with Crippen LogP contribution in [0, 0.1) is 0 Å². The third-order valence-electron chi connectivity index (χ3n) is 5.33. The SMILES string of the molecule is C[C@]12CCC(=O)N1[C@H](C(=O)OCc1cc(=O)n3c(n1)sc1ccccc13)CS2. The van der Waals surface area contributed by atoms with Crippen molar-refractivity contribution >= 4 is 50.2 Å².